The molecule has 0 saturated carbocycles. The molecule has 1 saturated heterocycles. The van der Waals surface area contributed by atoms with Crippen LogP contribution in [0.3, 0.4) is 0 Å². The average Bonchev–Trinajstić information content (AvgIpc) is 2.39. The molecule has 0 aliphatic carbocycles. The summed E-state index contributed by atoms with van der Waals surface area (Å²) in [5.74, 6) is 0.554. The highest BCUT2D eigenvalue weighted by Crippen LogP contribution is 2.34. The van der Waals surface area contributed by atoms with E-state index in [9.17, 15) is 4.39 Å². The molecule has 0 radical (unpaired) electrons. The Morgan fingerprint density at radius 3 is 3.19 bits per heavy atom. The van der Waals surface area contributed by atoms with Gasteiger partial charge in [0, 0.05) is 18.7 Å². The van der Waals surface area contributed by atoms with Crippen molar-refractivity contribution in [3.63, 3.8) is 0 Å². The number of hydrogen-bond acceptors (Lipinski definition) is 3. The summed E-state index contributed by atoms with van der Waals surface area (Å²) in [6.07, 6.45) is 2.51. The molecular weight excluding hydrogens is 207 g/mol. The molecule has 2 atom stereocenters. The predicted molar refractivity (Wildman–Crippen MR) is 60.2 cm³/mol. The van der Waals surface area contributed by atoms with Gasteiger partial charge in [-0.2, -0.15) is 0 Å². The zero-order chi connectivity index (χ0) is 11.4. The number of rotatable bonds is 3. The number of aromatic nitrogens is 1. The SMILES string of the molecule is COc1cccnc1C(F)C1CCCNC1. The second-order valence-electron chi connectivity index (χ2n) is 4.10. The van der Waals surface area contributed by atoms with Crippen molar-refractivity contribution in [1.29, 1.82) is 0 Å². The molecule has 2 heterocycles. The Labute approximate surface area is 95.0 Å². The molecule has 0 bridgehead atoms. The molecule has 0 spiro atoms. The molecule has 1 N–H and O–H groups in total. The van der Waals surface area contributed by atoms with Gasteiger partial charge in [-0.15, -0.1) is 0 Å². The third-order valence-electron chi connectivity index (χ3n) is 3.03. The zero-order valence-electron chi connectivity index (χ0n) is 9.45. The summed E-state index contributed by atoms with van der Waals surface area (Å²) in [5.41, 5.74) is 0.429. The van der Waals surface area contributed by atoms with Gasteiger partial charge >= 0.3 is 0 Å². The summed E-state index contributed by atoms with van der Waals surface area (Å²) >= 11 is 0. The summed E-state index contributed by atoms with van der Waals surface area (Å²) in [6.45, 7) is 1.71. The topological polar surface area (TPSA) is 34.1 Å². The first-order valence-electron chi connectivity index (χ1n) is 5.66. The largest absolute Gasteiger partial charge is 0.495 e. The highest BCUT2D eigenvalue weighted by Gasteiger charge is 2.27. The van der Waals surface area contributed by atoms with Crippen LogP contribution in [0.4, 0.5) is 4.39 Å². The van der Waals surface area contributed by atoms with Crippen LogP contribution in [0.5, 0.6) is 5.75 Å². The van der Waals surface area contributed by atoms with Gasteiger partial charge in [-0.3, -0.25) is 4.98 Å². The quantitative estimate of drug-likeness (QED) is 0.853. The maximum absolute atomic E-state index is 14.3. The van der Waals surface area contributed by atoms with Crippen LogP contribution in [0, 0.1) is 5.92 Å². The van der Waals surface area contributed by atoms with E-state index >= 15 is 0 Å². The van der Waals surface area contributed by atoms with E-state index in [1.165, 1.54) is 0 Å². The van der Waals surface area contributed by atoms with E-state index in [1.54, 1.807) is 25.4 Å². The smallest absolute Gasteiger partial charge is 0.150 e. The van der Waals surface area contributed by atoms with Crippen molar-refractivity contribution in [2.24, 2.45) is 5.92 Å². The summed E-state index contributed by atoms with van der Waals surface area (Å²) in [4.78, 5) is 4.10. The molecule has 3 nitrogen and oxygen atoms in total. The fourth-order valence-corrected chi connectivity index (χ4v) is 2.13. The number of hydrogen-bond donors (Lipinski definition) is 1. The van der Waals surface area contributed by atoms with E-state index in [0.717, 1.165) is 25.9 Å². The van der Waals surface area contributed by atoms with Crippen LogP contribution in [-0.2, 0) is 0 Å². The molecule has 1 aromatic heterocycles. The normalized spacial score (nSPS) is 22.8. The van der Waals surface area contributed by atoms with Crippen molar-refractivity contribution < 1.29 is 9.13 Å². The lowest BCUT2D eigenvalue weighted by Crippen LogP contribution is -2.32. The van der Waals surface area contributed by atoms with E-state index in [2.05, 4.69) is 10.3 Å². The van der Waals surface area contributed by atoms with Gasteiger partial charge in [0.2, 0.25) is 0 Å². The third-order valence-corrected chi connectivity index (χ3v) is 3.03. The Morgan fingerprint density at radius 2 is 2.50 bits per heavy atom. The molecule has 1 aliphatic heterocycles. The first kappa shape index (κ1) is 11.3. The van der Waals surface area contributed by atoms with E-state index < -0.39 is 6.17 Å². The fraction of sp³-hybridized carbons (Fsp3) is 0.583. The Kier molecular flexibility index (Phi) is 3.72. The maximum Gasteiger partial charge on any atom is 0.150 e. The molecule has 0 amide bonds. The number of pyridine rings is 1. The Hall–Kier alpha value is -1.16. The first-order valence-corrected chi connectivity index (χ1v) is 5.66. The van der Waals surface area contributed by atoms with Gasteiger partial charge in [0.05, 0.1) is 7.11 Å². The van der Waals surface area contributed by atoms with Crippen LogP contribution in [0.1, 0.15) is 24.7 Å². The summed E-state index contributed by atoms with van der Waals surface area (Å²) < 4.78 is 19.4. The molecule has 1 fully saturated rings. The van der Waals surface area contributed by atoms with Gasteiger partial charge in [0.25, 0.3) is 0 Å². The van der Waals surface area contributed by atoms with Crippen LogP contribution >= 0.6 is 0 Å². The van der Waals surface area contributed by atoms with E-state index in [1.807, 2.05) is 0 Å². The minimum atomic E-state index is -1.04. The molecule has 16 heavy (non-hydrogen) atoms. The third kappa shape index (κ3) is 2.32. The van der Waals surface area contributed by atoms with Crippen LogP contribution in [0.15, 0.2) is 18.3 Å². The average molecular weight is 224 g/mol. The number of halogens is 1. The summed E-state index contributed by atoms with van der Waals surface area (Å²) in [7, 11) is 1.55. The number of piperidine rings is 1. The molecule has 1 aliphatic rings. The predicted octanol–water partition coefficient (Wildman–Crippen LogP) is 2.10. The Bertz CT molecular complexity index is 340. The minimum Gasteiger partial charge on any atom is -0.495 e. The van der Waals surface area contributed by atoms with Crippen LogP contribution in [0.2, 0.25) is 0 Å². The molecule has 2 unspecified atom stereocenters. The second-order valence-corrected chi connectivity index (χ2v) is 4.10. The van der Waals surface area contributed by atoms with E-state index in [4.69, 9.17) is 4.74 Å². The second kappa shape index (κ2) is 5.25. The molecule has 2 rings (SSSR count). The number of methoxy groups -OCH3 is 1. The Morgan fingerprint density at radius 1 is 1.62 bits per heavy atom. The molecule has 0 aromatic carbocycles. The molecule has 4 heteroatoms. The Balaban J connectivity index is 2.15. The standard InChI is InChI=1S/C12H17FN2O/c1-16-10-5-3-7-15-12(10)11(13)9-4-2-6-14-8-9/h3,5,7,9,11,14H,2,4,6,8H2,1H3. The maximum atomic E-state index is 14.3. The number of alkyl halides is 1. The summed E-state index contributed by atoms with van der Waals surface area (Å²) in [6, 6.07) is 3.51. The van der Waals surface area contributed by atoms with Crippen molar-refractivity contribution in [2.75, 3.05) is 20.2 Å². The fourth-order valence-electron chi connectivity index (χ4n) is 2.13. The van der Waals surface area contributed by atoms with Crippen molar-refractivity contribution in [3.05, 3.63) is 24.0 Å². The first-order chi connectivity index (χ1) is 7.83. The van der Waals surface area contributed by atoms with Gasteiger partial charge in [0.1, 0.15) is 17.6 Å². The molecular formula is C12H17FN2O. The van der Waals surface area contributed by atoms with E-state index in [0.29, 0.717) is 11.4 Å². The van der Waals surface area contributed by atoms with Gasteiger partial charge in [0.15, 0.2) is 0 Å². The van der Waals surface area contributed by atoms with Crippen LogP contribution in [0.25, 0.3) is 0 Å². The number of ether oxygens (including phenoxy) is 1. The minimum absolute atomic E-state index is 0.0116. The highest BCUT2D eigenvalue weighted by molar-refractivity contribution is 5.29. The summed E-state index contributed by atoms with van der Waals surface area (Å²) in [5, 5.41) is 3.21. The monoisotopic (exact) mass is 224 g/mol. The van der Waals surface area contributed by atoms with Gasteiger partial charge in [-0.1, -0.05) is 0 Å². The van der Waals surface area contributed by atoms with Crippen molar-refractivity contribution in [2.45, 2.75) is 19.0 Å². The van der Waals surface area contributed by atoms with Crippen LogP contribution in [-0.4, -0.2) is 25.2 Å². The van der Waals surface area contributed by atoms with Gasteiger partial charge in [-0.25, -0.2) is 4.39 Å². The number of nitrogens with one attached hydrogen (secondary N) is 1. The van der Waals surface area contributed by atoms with Gasteiger partial charge in [-0.05, 0) is 31.5 Å². The zero-order valence-corrected chi connectivity index (χ0v) is 9.45. The van der Waals surface area contributed by atoms with Crippen LogP contribution < -0.4 is 10.1 Å². The lowest BCUT2D eigenvalue weighted by Gasteiger charge is -2.26. The highest BCUT2D eigenvalue weighted by atomic mass is 19.1. The molecule has 88 valence electrons. The van der Waals surface area contributed by atoms with Crippen molar-refractivity contribution in [3.8, 4) is 5.75 Å². The van der Waals surface area contributed by atoms with Crippen molar-refractivity contribution in [1.82, 2.24) is 10.3 Å². The number of nitrogens with zero attached hydrogens (tertiary/aromatic N) is 1. The lowest BCUT2D eigenvalue weighted by molar-refractivity contribution is 0.185. The van der Waals surface area contributed by atoms with Gasteiger partial charge < -0.3 is 10.1 Å². The van der Waals surface area contributed by atoms with E-state index in [-0.39, 0.29) is 5.92 Å². The lowest BCUT2D eigenvalue weighted by atomic mass is 9.92. The van der Waals surface area contributed by atoms with Crippen molar-refractivity contribution >= 4 is 0 Å². The molecule has 1 aromatic rings.